The van der Waals surface area contributed by atoms with Gasteiger partial charge in [-0.15, -0.1) is 0 Å². The van der Waals surface area contributed by atoms with Crippen molar-refractivity contribution in [2.75, 3.05) is 23.7 Å². The molecule has 0 aromatic carbocycles. The first-order chi connectivity index (χ1) is 8.77. The van der Waals surface area contributed by atoms with Crippen molar-refractivity contribution in [3.8, 4) is 0 Å². The summed E-state index contributed by atoms with van der Waals surface area (Å²) in [6, 6.07) is 0. The van der Waals surface area contributed by atoms with E-state index in [-0.39, 0.29) is 0 Å². The van der Waals surface area contributed by atoms with Crippen LogP contribution >= 0.6 is 0 Å². The maximum absolute atomic E-state index is 5.98. The summed E-state index contributed by atoms with van der Waals surface area (Å²) in [5, 5.41) is 5.13. The first-order valence-corrected chi connectivity index (χ1v) is 6.45. The van der Waals surface area contributed by atoms with Crippen molar-refractivity contribution in [1.29, 1.82) is 0 Å². The monoisotopic (exact) mass is 246 g/mol. The minimum atomic E-state index is 0.521. The van der Waals surface area contributed by atoms with E-state index in [4.69, 9.17) is 5.73 Å². The van der Waals surface area contributed by atoms with Crippen LogP contribution in [-0.4, -0.2) is 32.8 Å². The normalized spacial score (nSPS) is 17.1. The Kier molecular flexibility index (Phi) is 2.77. The van der Waals surface area contributed by atoms with Crippen LogP contribution in [0.3, 0.4) is 0 Å². The van der Waals surface area contributed by atoms with Gasteiger partial charge >= 0.3 is 0 Å². The van der Waals surface area contributed by atoms with E-state index in [1.807, 2.05) is 7.05 Å². The summed E-state index contributed by atoms with van der Waals surface area (Å²) < 4.78 is 1.72. The number of nitrogens with zero attached hydrogens (tertiary/aromatic N) is 5. The van der Waals surface area contributed by atoms with Crippen LogP contribution in [0.2, 0.25) is 0 Å². The lowest BCUT2D eigenvalue weighted by molar-refractivity contribution is 0.726. The largest absolute Gasteiger partial charge is 0.382 e. The molecule has 2 aromatic rings. The predicted octanol–water partition coefficient (Wildman–Crippen LogP) is 1.33. The maximum atomic E-state index is 5.98. The average molecular weight is 246 g/mol. The predicted molar refractivity (Wildman–Crippen MR) is 71.4 cm³/mol. The SMILES string of the molecule is Cn1nc(N)c2c(N3CCCCCC3)ncnc21. The van der Waals surface area contributed by atoms with Crippen molar-refractivity contribution >= 4 is 22.7 Å². The van der Waals surface area contributed by atoms with Crippen molar-refractivity contribution in [2.45, 2.75) is 25.7 Å². The van der Waals surface area contributed by atoms with Gasteiger partial charge in [-0.2, -0.15) is 5.10 Å². The van der Waals surface area contributed by atoms with Crippen LogP contribution in [0.5, 0.6) is 0 Å². The van der Waals surface area contributed by atoms with Crippen LogP contribution in [-0.2, 0) is 7.05 Å². The summed E-state index contributed by atoms with van der Waals surface area (Å²) in [4.78, 5) is 11.0. The Hall–Kier alpha value is -1.85. The van der Waals surface area contributed by atoms with Gasteiger partial charge in [-0.3, -0.25) is 0 Å². The Morgan fingerprint density at radius 1 is 1.11 bits per heavy atom. The molecule has 0 amide bonds. The van der Waals surface area contributed by atoms with Gasteiger partial charge in [0.05, 0.1) is 0 Å². The molecule has 18 heavy (non-hydrogen) atoms. The van der Waals surface area contributed by atoms with Crippen molar-refractivity contribution in [3.05, 3.63) is 6.33 Å². The highest BCUT2D eigenvalue weighted by Gasteiger charge is 2.18. The lowest BCUT2D eigenvalue weighted by Gasteiger charge is -2.21. The van der Waals surface area contributed by atoms with Gasteiger partial charge in [0.15, 0.2) is 11.5 Å². The molecule has 1 aliphatic heterocycles. The van der Waals surface area contributed by atoms with Gasteiger partial charge < -0.3 is 10.6 Å². The van der Waals surface area contributed by atoms with Gasteiger partial charge in [0.1, 0.15) is 17.5 Å². The number of hydrogen-bond donors (Lipinski definition) is 1. The highest BCUT2D eigenvalue weighted by molar-refractivity contribution is 5.96. The third-order valence-electron chi connectivity index (χ3n) is 3.53. The zero-order chi connectivity index (χ0) is 12.5. The molecule has 0 bridgehead atoms. The van der Waals surface area contributed by atoms with E-state index < -0.39 is 0 Å². The van der Waals surface area contributed by atoms with Gasteiger partial charge in [0.2, 0.25) is 0 Å². The van der Waals surface area contributed by atoms with E-state index in [1.54, 1.807) is 11.0 Å². The molecule has 6 heteroatoms. The molecule has 0 spiro atoms. The van der Waals surface area contributed by atoms with Crippen LogP contribution in [0.1, 0.15) is 25.7 Å². The van der Waals surface area contributed by atoms with Crippen molar-refractivity contribution < 1.29 is 0 Å². The third kappa shape index (κ3) is 1.77. The minimum Gasteiger partial charge on any atom is -0.382 e. The van der Waals surface area contributed by atoms with E-state index in [1.165, 1.54) is 25.7 Å². The average Bonchev–Trinajstić information content (AvgIpc) is 2.61. The summed E-state index contributed by atoms with van der Waals surface area (Å²) in [6.07, 6.45) is 6.63. The first kappa shape index (κ1) is 11.3. The molecule has 0 atom stereocenters. The first-order valence-electron chi connectivity index (χ1n) is 6.45. The summed E-state index contributed by atoms with van der Waals surface area (Å²) in [6.45, 7) is 2.08. The number of aryl methyl sites for hydroxylation is 1. The smallest absolute Gasteiger partial charge is 0.165 e. The van der Waals surface area contributed by atoms with Crippen LogP contribution in [0, 0.1) is 0 Å². The number of nitrogen functional groups attached to an aromatic ring is 1. The van der Waals surface area contributed by atoms with Crippen molar-refractivity contribution in [1.82, 2.24) is 19.7 Å². The van der Waals surface area contributed by atoms with Crippen molar-refractivity contribution in [3.63, 3.8) is 0 Å². The Balaban J connectivity index is 2.10. The lowest BCUT2D eigenvalue weighted by Crippen LogP contribution is -2.25. The zero-order valence-corrected chi connectivity index (χ0v) is 10.6. The van der Waals surface area contributed by atoms with Crippen LogP contribution in [0.15, 0.2) is 6.33 Å². The fraction of sp³-hybridized carbons (Fsp3) is 0.583. The summed E-state index contributed by atoms with van der Waals surface area (Å²) >= 11 is 0. The summed E-state index contributed by atoms with van der Waals surface area (Å²) in [5.74, 6) is 1.46. The number of fused-ring (bicyclic) bond motifs is 1. The zero-order valence-electron chi connectivity index (χ0n) is 10.6. The molecule has 0 unspecified atom stereocenters. The molecule has 1 saturated heterocycles. The van der Waals surface area contributed by atoms with Crippen LogP contribution < -0.4 is 10.6 Å². The topological polar surface area (TPSA) is 72.9 Å². The van der Waals surface area contributed by atoms with E-state index in [2.05, 4.69) is 20.0 Å². The van der Waals surface area contributed by atoms with Gasteiger partial charge in [-0.1, -0.05) is 12.8 Å². The number of hydrogen-bond acceptors (Lipinski definition) is 5. The molecule has 3 heterocycles. The molecule has 2 aromatic heterocycles. The molecule has 1 fully saturated rings. The van der Waals surface area contributed by atoms with E-state index in [0.29, 0.717) is 5.82 Å². The minimum absolute atomic E-state index is 0.521. The van der Waals surface area contributed by atoms with Crippen LogP contribution in [0.25, 0.3) is 11.0 Å². The quantitative estimate of drug-likeness (QED) is 0.821. The Morgan fingerprint density at radius 3 is 2.56 bits per heavy atom. The Labute approximate surface area is 106 Å². The molecular weight excluding hydrogens is 228 g/mol. The van der Waals surface area contributed by atoms with Crippen molar-refractivity contribution in [2.24, 2.45) is 7.05 Å². The molecule has 3 rings (SSSR count). The summed E-state index contributed by atoms with van der Waals surface area (Å²) in [7, 11) is 1.86. The molecule has 1 aliphatic rings. The number of anilines is 2. The lowest BCUT2D eigenvalue weighted by atomic mass is 10.2. The van der Waals surface area contributed by atoms with Gasteiger partial charge in [-0.05, 0) is 12.8 Å². The molecule has 0 radical (unpaired) electrons. The molecular formula is C12H18N6. The highest BCUT2D eigenvalue weighted by atomic mass is 15.3. The molecule has 96 valence electrons. The van der Waals surface area contributed by atoms with E-state index in [0.717, 1.165) is 29.9 Å². The van der Waals surface area contributed by atoms with Gasteiger partial charge in [0, 0.05) is 20.1 Å². The molecule has 0 saturated carbocycles. The summed E-state index contributed by atoms with van der Waals surface area (Å²) in [5.41, 5.74) is 6.79. The fourth-order valence-corrected chi connectivity index (χ4v) is 2.62. The Morgan fingerprint density at radius 2 is 1.83 bits per heavy atom. The second kappa shape index (κ2) is 4.44. The number of nitrogens with two attached hydrogens (primary N) is 1. The number of rotatable bonds is 1. The third-order valence-corrected chi connectivity index (χ3v) is 3.53. The Bertz CT molecular complexity index is 553. The second-order valence-electron chi connectivity index (χ2n) is 4.81. The maximum Gasteiger partial charge on any atom is 0.165 e. The second-order valence-corrected chi connectivity index (χ2v) is 4.81. The molecule has 2 N–H and O–H groups in total. The van der Waals surface area contributed by atoms with Gasteiger partial charge in [-0.25, -0.2) is 14.6 Å². The fourth-order valence-electron chi connectivity index (χ4n) is 2.62. The molecule has 6 nitrogen and oxygen atoms in total. The standard InChI is InChI=1S/C12H18N6/c1-17-11-9(10(13)16-17)12(15-8-14-11)18-6-4-2-3-5-7-18/h8H,2-7H2,1H3,(H2,13,16). The molecule has 0 aliphatic carbocycles. The van der Waals surface area contributed by atoms with Gasteiger partial charge in [0.25, 0.3) is 0 Å². The van der Waals surface area contributed by atoms with Crippen LogP contribution in [0.4, 0.5) is 11.6 Å². The highest BCUT2D eigenvalue weighted by Crippen LogP contribution is 2.28. The number of aromatic nitrogens is 4. The van der Waals surface area contributed by atoms with E-state index >= 15 is 0 Å². The van der Waals surface area contributed by atoms with E-state index in [9.17, 15) is 0 Å².